The lowest BCUT2D eigenvalue weighted by Crippen LogP contribution is -1.94. The lowest BCUT2D eigenvalue weighted by molar-refractivity contribution is 0.703. The zero-order valence-electron chi connectivity index (χ0n) is 14.7. The smallest absolute Gasteiger partial charge is 0.0881 e. The summed E-state index contributed by atoms with van der Waals surface area (Å²) in [6, 6.07) is 4.26. The second-order valence-corrected chi connectivity index (χ2v) is 4.54. The number of aromatic nitrogens is 4. The molecule has 3 aromatic heterocycles. The molecule has 0 saturated heterocycles. The molecule has 0 aliphatic rings. The molecule has 0 spiro atoms. The van der Waals surface area contributed by atoms with Gasteiger partial charge in [0.1, 0.15) is 0 Å². The minimum absolute atomic E-state index is 0. The van der Waals surface area contributed by atoms with E-state index in [9.17, 15) is 0 Å². The molecule has 3 heterocycles. The number of rotatable bonds is 3. The number of nitrogens with zero attached hydrogens (tertiary/aromatic N) is 4. The van der Waals surface area contributed by atoms with Crippen LogP contribution in [-0.2, 0) is 13.6 Å². The van der Waals surface area contributed by atoms with E-state index in [0.29, 0.717) is 0 Å². The molecule has 0 bridgehead atoms. The highest BCUT2D eigenvalue weighted by molar-refractivity contribution is 5.81. The first-order valence-electron chi connectivity index (χ1n) is 8.22. The van der Waals surface area contributed by atoms with E-state index in [4.69, 9.17) is 0 Å². The van der Waals surface area contributed by atoms with E-state index in [1.807, 2.05) is 58.0 Å². The monoisotopic (exact) mass is 316 g/mol. The van der Waals surface area contributed by atoms with Gasteiger partial charge < -0.3 is 4.57 Å². The zero-order valence-corrected chi connectivity index (χ0v) is 14.7. The lowest BCUT2D eigenvalue weighted by atomic mass is 10.1. The normalized spacial score (nSPS) is 9.30. The van der Waals surface area contributed by atoms with E-state index in [-0.39, 0.29) is 7.43 Å². The van der Waals surface area contributed by atoms with Gasteiger partial charge in [-0.3, -0.25) is 9.67 Å². The summed E-state index contributed by atoms with van der Waals surface area (Å²) in [5.41, 5.74) is 4.47. The van der Waals surface area contributed by atoms with Crippen molar-refractivity contribution in [1.82, 2.24) is 19.3 Å². The Labute approximate surface area is 141 Å². The average molecular weight is 316 g/mol. The Morgan fingerprint density at radius 1 is 1.04 bits per heavy atom. The van der Waals surface area contributed by atoms with Crippen molar-refractivity contribution in [3.8, 4) is 11.1 Å². The van der Waals surface area contributed by atoms with Crippen molar-refractivity contribution in [2.45, 2.75) is 55.0 Å². The fourth-order valence-corrected chi connectivity index (χ4v) is 2.23. The van der Waals surface area contributed by atoms with Crippen molar-refractivity contribution < 1.29 is 0 Å². The van der Waals surface area contributed by atoms with Crippen LogP contribution in [0.25, 0.3) is 22.2 Å². The van der Waals surface area contributed by atoms with Gasteiger partial charge in [0.15, 0.2) is 0 Å². The molecule has 23 heavy (non-hydrogen) atoms. The highest BCUT2D eigenvalue weighted by atomic mass is 15.2. The predicted molar refractivity (Wildman–Crippen MR) is 102 cm³/mol. The molecule has 0 N–H and O–H groups in total. The van der Waals surface area contributed by atoms with Gasteiger partial charge in [0.05, 0.1) is 17.2 Å². The fraction of sp³-hybridized carbons (Fsp3) is 0.474. The molecule has 0 aliphatic heterocycles. The van der Waals surface area contributed by atoms with E-state index >= 15 is 0 Å². The Bertz CT molecular complexity index is 680. The zero-order chi connectivity index (χ0) is 16.5. The summed E-state index contributed by atoms with van der Waals surface area (Å²) in [5.74, 6) is 0. The van der Waals surface area contributed by atoms with Crippen LogP contribution in [0.3, 0.4) is 0 Å². The molecule has 0 amide bonds. The Hall–Kier alpha value is -2.10. The van der Waals surface area contributed by atoms with Crippen LogP contribution in [-0.4, -0.2) is 19.3 Å². The Kier molecular flexibility index (Phi) is 9.63. The second-order valence-electron chi connectivity index (χ2n) is 4.54. The summed E-state index contributed by atoms with van der Waals surface area (Å²) in [7, 11) is 1.93. The van der Waals surface area contributed by atoms with Gasteiger partial charge in [-0.05, 0) is 18.6 Å². The van der Waals surface area contributed by atoms with E-state index in [1.54, 1.807) is 0 Å². The number of fused-ring (bicyclic) bond motifs is 1. The van der Waals surface area contributed by atoms with Crippen LogP contribution in [0, 0.1) is 0 Å². The quantitative estimate of drug-likeness (QED) is 0.636. The van der Waals surface area contributed by atoms with Crippen LogP contribution in [0.15, 0.2) is 36.9 Å². The van der Waals surface area contributed by atoms with E-state index < -0.39 is 0 Å². The first-order chi connectivity index (χ1) is 10.8. The van der Waals surface area contributed by atoms with Crippen LogP contribution in [0.2, 0.25) is 0 Å². The Balaban J connectivity index is 0.000000901. The van der Waals surface area contributed by atoms with Crippen molar-refractivity contribution >= 4 is 11.0 Å². The average Bonchev–Trinajstić information content (AvgIpc) is 3.18. The maximum absolute atomic E-state index is 4.51. The standard InChI is InChI=1S/C14H16N4.2C2H6.CH4/c1-3-5-18-6-4-13-14(18)7-11(8-15-13)12-9-16-17(2)10-12;2*1-2;/h4,6-10H,3,5H2,1-2H3;2*1-2H3;1H4. The van der Waals surface area contributed by atoms with Gasteiger partial charge in [-0.2, -0.15) is 5.10 Å². The minimum atomic E-state index is 0. The molecule has 0 saturated carbocycles. The van der Waals surface area contributed by atoms with Gasteiger partial charge >= 0.3 is 0 Å². The third kappa shape index (κ3) is 4.95. The molecule has 128 valence electrons. The summed E-state index contributed by atoms with van der Waals surface area (Å²) in [4.78, 5) is 4.51. The molecule has 0 unspecified atom stereocenters. The Morgan fingerprint density at radius 3 is 2.30 bits per heavy atom. The SMILES string of the molecule is C.CC.CC.CCCn1ccc2ncc(-c3cnn(C)c3)cc21. The highest BCUT2D eigenvalue weighted by Crippen LogP contribution is 2.23. The van der Waals surface area contributed by atoms with Crippen molar-refractivity contribution in [3.63, 3.8) is 0 Å². The summed E-state index contributed by atoms with van der Waals surface area (Å²) in [6.45, 7) is 11.2. The van der Waals surface area contributed by atoms with Crippen LogP contribution in [0.5, 0.6) is 0 Å². The van der Waals surface area contributed by atoms with Gasteiger partial charge in [-0.25, -0.2) is 0 Å². The number of hydrogen-bond acceptors (Lipinski definition) is 2. The minimum Gasteiger partial charge on any atom is -0.346 e. The third-order valence-electron chi connectivity index (χ3n) is 3.12. The van der Waals surface area contributed by atoms with Crippen LogP contribution in [0.1, 0.15) is 48.5 Å². The number of hydrogen-bond donors (Lipinski definition) is 0. The van der Waals surface area contributed by atoms with Gasteiger partial charge in [-0.1, -0.05) is 42.0 Å². The fourth-order valence-electron chi connectivity index (χ4n) is 2.23. The number of pyridine rings is 1. The van der Waals surface area contributed by atoms with Crippen LogP contribution >= 0.6 is 0 Å². The highest BCUT2D eigenvalue weighted by Gasteiger charge is 2.06. The van der Waals surface area contributed by atoms with Crippen molar-refractivity contribution in [2.24, 2.45) is 7.05 Å². The predicted octanol–water partition coefficient (Wildman–Crippen LogP) is 5.54. The van der Waals surface area contributed by atoms with Gasteiger partial charge in [0.2, 0.25) is 0 Å². The molecule has 0 aliphatic carbocycles. The molecular weight excluding hydrogens is 284 g/mol. The molecular formula is C19H32N4. The van der Waals surface area contributed by atoms with Crippen molar-refractivity contribution in [3.05, 3.63) is 36.9 Å². The van der Waals surface area contributed by atoms with E-state index in [2.05, 4.69) is 39.9 Å². The molecule has 0 aromatic carbocycles. The molecule has 3 aromatic rings. The Morgan fingerprint density at radius 2 is 1.74 bits per heavy atom. The largest absolute Gasteiger partial charge is 0.346 e. The molecule has 3 rings (SSSR count). The topological polar surface area (TPSA) is 35.6 Å². The van der Waals surface area contributed by atoms with Gasteiger partial charge in [0, 0.05) is 43.3 Å². The number of aryl methyl sites for hydroxylation is 2. The summed E-state index contributed by atoms with van der Waals surface area (Å²) in [6.07, 6.45) is 9.02. The molecule has 4 heteroatoms. The second kappa shape index (κ2) is 10.6. The summed E-state index contributed by atoms with van der Waals surface area (Å²) >= 11 is 0. The molecule has 0 atom stereocenters. The molecule has 0 radical (unpaired) electrons. The summed E-state index contributed by atoms with van der Waals surface area (Å²) < 4.78 is 4.06. The maximum atomic E-state index is 4.51. The van der Waals surface area contributed by atoms with Gasteiger partial charge in [0.25, 0.3) is 0 Å². The van der Waals surface area contributed by atoms with E-state index in [0.717, 1.165) is 29.6 Å². The van der Waals surface area contributed by atoms with Gasteiger partial charge in [-0.15, -0.1) is 0 Å². The van der Waals surface area contributed by atoms with Crippen molar-refractivity contribution in [2.75, 3.05) is 0 Å². The molecule has 0 fully saturated rings. The first kappa shape index (κ1) is 20.9. The van der Waals surface area contributed by atoms with E-state index in [1.165, 1.54) is 5.52 Å². The lowest BCUT2D eigenvalue weighted by Gasteiger charge is -2.03. The maximum Gasteiger partial charge on any atom is 0.0881 e. The van der Waals surface area contributed by atoms with Crippen LogP contribution in [0.4, 0.5) is 0 Å². The van der Waals surface area contributed by atoms with Crippen molar-refractivity contribution in [1.29, 1.82) is 0 Å². The third-order valence-corrected chi connectivity index (χ3v) is 3.12. The first-order valence-corrected chi connectivity index (χ1v) is 8.22. The summed E-state index contributed by atoms with van der Waals surface area (Å²) in [5, 5.41) is 4.20. The van der Waals surface area contributed by atoms with Crippen LogP contribution < -0.4 is 0 Å². The molecule has 4 nitrogen and oxygen atoms in total.